The first-order chi connectivity index (χ1) is 9.76. The van der Waals surface area contributed by atoms with E-state index in [2.05, 4.69) is 9.88 Å². The van der Waals surface area contributed by atoms with Gasteiger partial charge in [0.2, 0.25) is 5.88 Å². The summed E-state index contributed by atoms with van der Waals surface area (Å²) in [6, 6.07) is 2.02. The zero-order valence-corrected chi connectivity index (χ0v) is 12.5. The number of hydrogen-bond acceptors (Lipinski definition) is 3. The lowest BCUT2D eigenvalue weighted by Gasteiger charge is -2.57. The molecule has 0 atom stereocenters. The predicted molar refractivity (Wildman–Crippen MR) is 80.6 cm³/mol. The molecule has 1 saturated heterocycles. The standard InChI is InChI=1S/C16H21ClN2O/c17-14-13(19-10-16(11-19)6-2-7-16)5-8-18-15(14)20-9-12-3-1-4-12/h5,8,12H,1-4,6-7,9-11H2. The molecular weight excluding hydrogens is 272 g/mol. The third-order valence-corrected chi connectivity index (χ3v) is 5.68. The van der Waals surface area contributed by atoms with E-state index in [0.717, 1.165) is 25.4 Å². The summed E-state index contributed by atoms with van der Waals surface area (Å²) in [5.74, 6) is 1.32. The van der Waals surface area contributed by atoms with Crippen molar-refractivity contribution >= 4 is 17.3 Å². The van der Waals surface area contributed by atoms with Crippen LogP contribution in [0.15, 0.2) is 12.3 Å². The van der Waals surface area contributed by atoms with E-state index in [9.17, 15) is 0 Å². The highest BCUT2D eigenvalue weighted by atomic mass is 35.5. The van der Waals surface area contributed by atoms with E-state index in [0.29, 0.717) is 22.2 Å². The monoisotopic (exact) mass is 292 g/mol. The normalized spacial score (nSPS) is 23.9. The highest BCUT2D eigenvalue weighted by Gasteiger charge is 2.47. The van der Waals surface area contributed by atoms with Crippen molar-refractivity contribution in [2.24, 2.45) is 11.3 Å². The summed E-state index contributed by atoms with van der Waals surface area (Å²) in [7, 11) is 0. The maximum absolute atomic E-state index is 6.49. The van der Waals surface area contributed by atoms with Gasteiger partial charge in [0.15, 0.2) is 0 Å². The molecule has 1 spiro atoms. The fourth-order valence-corrected chi connectivity index (χ4v) is 3.83. The molecule has 0 unspecified atom stereocenters. The van der Waals surface area contributed by atoms with Gasteiger partial charge in [-0.2, -0.15) is 0 Å². The number of nitrogens with zero attached hydrogens (tertiary/aromatic N) is 2. The summed E-state index contributed by atoms with van der Waals surface area (Å²) < 4.78 is 5.82. The Bertz CT molecular complexity index is 503. The van der Waals surface area contributed by atoms with Crippen LogP contribution in [0.5, 0.6) is 5.88 Å². The van der Waals surface area contributed by atoms with Gasteiger partial charge in [-0.05, 0) is 37.7 Å². The molecule has 4 heteroatoms. The van der Waals surface area contributed by atoms with E-state index in [4.69, 9.17) is 16.3 Å². The molecule has 3 nitrogen and oxygen atoms in total. The molecule has 3 aliphatic rings. The first-order valence-electron chi connectivity index (χ1n) is 7.78. The van der Waals surface area contributed by atoms with Gasteiger partial charge < -0.3 is 9.64 Å². The van der Waals surface area contributed by atoms with Gasteiger partial charge in [0.25, 0.3) is 0 Å². The van der Waals surface area contributed by atoms with Crippen molar-refractivity contribution in [1.82, 2.24) is 4.98 Å². The molecule has 0 amide bonds. The van der Waals surface area contributed by atoms with E-state index in [1.54, 1.807) is 0 Å². The van der Waals surface area contributed by atoms with Crippen LogP contribution in [-0.2, 0) is 0 Å². The third kappa shape index (κ3) is 2.07. The minimum absolute atomic E-state index is 0.611. The molecule has 3 fully saturated rings. The number of rotatable bonds is 4. The Labute approximate surface area is 125 Å². The Hall–Kier alpha value is -0.960. The van der Waals surface area contributed by atoms with Crippen LogP contribution >= 0.6 is 11.6 Å². The van der Waals surface area contributed by atoms with Gasteiger partial charge in [-0.1, -0.05) is 24.4 Å². The van der Waals surface area contributed by atoms with Gasteiger partial charge in [-0.3, -0.25) is 0 Å². The molecule has 20 heavy (non-hydrogen) atoms. The molecule has 2 saturated carbocycles. The number of ether oxygens (including phenoxy) is 1. The molecule has 0 radical (unpaired) electrons. The minimum atomic E-state index is 0.611. The Morgan fingerprint density at radius 3 is 2.70 bits per heavy atom. The quantitative estimate of drug-likeness (QED) is 0.841. The van der Waals surface area contributed by atoms with Crippen LogP contribution in [0.4, 0.5) is 5.69 Å². The van der Waals surface area contributed by atoms with Crippen molar-refractivity contribution in [3.63, 3.8) is 0 Å². The van der Waals surface area contributed by atoms with Crippen LogP contribution in [0.25, 0.3) is 0 Å². The summed E-state index contributed by atoms with van der Waals surface area (Å²) in [6.07, 6.45) is 9.90. The molecule has 108 valence electrons. The molecule has 0 aromatic carbocycles. The van der Waals surface area contributed by atoms with Crippen molar-refractivity contribution in [1.29, 1.82) is 0 Å². The molecular formula is C16H21ClN2O. The van der Waals surface area contributed by atoms with Gasteiger partial charge in [0.1, 0.15) is 5.02 Å². The van der Waals surface area contributed by atoms with Crippen LogP contribution in [0.3, 0.4) is 0 Å². The lowest BCUT2D eigenvalue weighted by molar-refractivity contribution is 0.0903. The second kappa shape index (κ2) is 4.80. The Kier molecular flexibility index (Phi) is 3.06. The average molecular weight is 293 g/mol. The van der Waals surface area contributed by atoms with Crippen molar-refractivity contribution in [3.8, 4) is 5.88 Å². The molecule has 2 heterocycles. The van der Waals surface area contributed by atoms with Crippen molar-refractivity contribution in [3.05, 3.63) is 17.3 Å². The summed E-state index contributed by atoms with van der Waals surface area (Å²) in [4.78, 5) is 6.67. The first-order valence-corrected chi connectivity index (χ1v) is 8.16. The summed E-state index contributed by atoms with van der Waals surface area (Å²) >= 11 is 6.49. The second-order valence-electron chi connectivity index (χ2n) is 6.77. The van der Waals surface area contributed by atoms with E-state index in [1.165, 1.54) is 38.5 Å². The van der Waals surface area contributed by atoms with E-state index in [-0.39, 0.29) is 0 Å². The Morgan fingerprint density at radius 2 is 2.10 bits per heavy atom. The van der Waals surface area contributed by atoms with Crippen LogP contribution in [0, 0.1) is 11.3 Å². The predicted octanol–water partition coefficient (Wildman–Crippen LogP) is 3.90. The largest absolute Gasteiger partial charge is 0.476 e. The van der Waals surface area contributed by atoms with Crippen molar-refractivity contribution < 1.29 is 4.74 Å². The topological polar surface area (TPSA) is 25.4 Å². The average Bonchev–Trinajstić information content (AvgIpc) is 2.27. The van der Waals surface area contributed by atoms with E-state index in [1.807, 2.05) is 12.3 Å². The number of halogens is 1. The maximum atomic E-state index is 6.49. The lowest BCUT2D eigenvalue weighted by atomic mass is 9.63. The number of anilines is 1. The van der Waals surface area contributed by atoms with E-state index >= 15 is 0 Å². The molecule has 4 rings (SSSR count). The van der Waals surface area contributed by atoms with Crippen molar-refractivity contribution in [2.45, 2.75) is 38.5 Å². The Balaban J connectivity index is 1.43. The van der Waals surface area contributed by atoms with Gasteiger partial charge in [-0.25, -0.2) is 4.98 Å². The lowest BCUT2D eigenvalue weighted by Crippen LogP contribution is -2.59. The highest BCUT2D eigenvalue weighted by molar-refractivity contribution is 6.34. The number of hydrogen-bond donors (Lipinski definition) is 0. The molecule has 2 aliphatic carbocycles. The Morgan fingerprint density at radius 1 is 1.30 bits per heavy atom. The zero-order chi connectivity index (χ0) is 13.6. The van der Waals surface area contributed by atoms with Gasteiger partial charge in [-0.15, -0.1) is 0 Å². The van der Waals surface area contributed by atoms with Crippen LogP contribution in [0.2, 0.25) is 5.02 Å². The summed E-state index contributed by atoms with van der Waals surface area (Å²) in [5, 5.41) is 0.695. The number of aromatic nitrogens is 1. The SMILES string of the molecule is Clc1c(N2CC3(CCC3)C2)ccnc1OCC1CCC1. The number of pyridine rings is 1. The fraction of sp³-hybridized carbons (Fsp3) is 0.688. The minimum Gasteiger partial charge on any atom is -0.476 e. The molecule has 0 bridgehead atoms. The first kappa shape index (κ1) is 12.8. The summed E-state index contributed by atoms with van der Waals surface area (Å²) in [5.41, 5.74) is 1.71. The highest BCUT2D eigenvalue weighted by Crippen LogP contribution is 2.51. The zero-order valence-electron chi connectivity index (χ0n) is 11.8. The maximum Gasteiger partial charge on any atom is 0.234 e. The fourth-order valence-electron chi connectivity index (χ4n) is 3.54. The molecule has 1 aromatic heterocycles. The van der Waals surface area contributed by atoms with Gasteiger partial charge >= 0.3 is 0 Å². The molecule has 1 aliphatic heterocycles. The van der Waals surface area contributed by atoms with Gasteiger partial charge in [0, 0.05) is 24.7 Å². The van der Waals surface area contributed by atoms with Crippen LogP contribution in [0.1, 0.15) is 38.5 Å². The second-order valence-corrected chi connectivity index (χ2v) is 7.14. The summed E-state index contributed by atoms with van der Waals surface area (Å²) in [6.45, 7) is 3.07. The van der Waals surface area contributed by atoms with Crippen LogP contribution in [-0.4, -0.2) is 24.7 Å². The molecule has 1 aromatic rings. The third-order valence-electron chi connectivity index (χ3n) is 5.32. The van der Waals surface area contributed by atoms with E-state index < -0.39 is 0 Å². The van der Waals surface area contributed by atoms with Crippen LogP contribution < -0.4 is 9.64 Å². The van der Waals surface area contributed by atoms with Crippen molar-refractivity contribution in [2.75, 3.05) is 24.6 Å². The smallest absolute Gasteiger partial charge is 0.234 e. The molecule has 0 N–H and O–H groups in total. The van der Waals surface area contributed by atoms with Gasteiger partial charge in [0.05, 0.1) is 12.3 Å².